The van der Waals surface area contributed by atoms with E-state index < -0.39 is 6.09 Å². The van der Waals surface area contributed by atoms with Crippen molar-refractivity contribution in [1.29, 1.82) is 0 Å². The summed E-state index contributed by atoms with van der Waals surface area (Å²) < 4.78 is 19.7. The molecule has 4 aromatic rings. The normalized spacial score (nSPS) is 10.7. The number of halogens is 1. The van der Waals surface area contributed by atoms with Crippen LogP contribution in [-0.4, -0.2) is 15.6 Å². The van der Waals surface area contributed by atoms with Gasteiger partial charge in [-0.25, -0.2) is 14.2 Å². The van der Waals surface area contributed by atoms with E-state index in [9.17, 15) is 14.0 Å². The molecule has 1 amide bonds. The van der Waals surface area contributed by atoms with Gasteiger partial charge in [0.2, 0.25) is 0 Å². The molecule has 30 heavy (non-hydrogen) atoms. The lowest BCUT2D eigenvalue weighted by molar-refractivity contribution is 0.155. The maximum Gasteiger partial charge on any atom is 0.411 e. The van der Waals surface area contributed by atoms with E-state index in [2.05, 4.69) is 10.3 Å². The minimum Gasteiger partial charge on any atom is -0.444 e. The first-order chi connectivity index (χ1) is 14.6. The van der Waals surface area contributed by atoms with Crippen molar-refractivity contribution in [2.75, 3.05) is 5.32 Å². The molecule has 0 atom stereocenters. The summed E-state index contributed by atoms with van der Waals surface area (Å²) >= 11 is 0. The number of carbonyl (C=O) groups excluding carboxylic acids is 1. The highest BCUT2D eigenvalue weighted by Crippen LogP contribution is 2.15. The van der Waals surface area contributed by atoms with Gasteiger partial charge in [-0.3, -0.25) is 14.7 Å². The van der Waals surface area contributed by atoms with E-state index in [0.29, 0.717) is 16.6 Å². The van der Waals surface area contributed by atoms with Gasteiger partial charge in [-0.05, 0) is 41.5 Å². The number of ether oxygens (including phenoxy) is 1. The second kappa shape index (κ2) is 8.57. The lowest BCUT2D eigenvalue weighted by atomic mass is 10.2. The number of amides is 1. The summed E-state index contributed by atoms with van der Waals surface area (Å²) in [5.74, 6) is -0.336. The number of fused-ring (bicyclic) bond motifs is 1. The monoisotopic (exact) mass is 403 g/mol. The van der Waals surface area contributed by atoms with Gasteiger partial charge in [0.15, 0.2) is 0 Å². The van der Waals surface area contributed by atoms with Crippen LogP contribution in [0.25, 0.3) is 10.9 Å². The van der Waals surface area contributed by atoms with Crippen molar-refractivity contribution in [3.05, 3.63) is 106 Å². The van der Waals surface area contributed by atoms with Gasteiger partial charge >= 0.3 is 6.09 Å². The van der Waals surface area contributed by atoms with Crippen molar-refractivity contribution in [2.24, 2.45) is 0 Å². The van der Waals surface area contributed by atoms with E-state index in [4.69, 9.17) is 4.74 Å². The van der Waals surface area contributed by atoms with Gasteiger partial charge in [0.1, 0.15) is 12.4 Å². The molecule has 4 rings (SSSR count). The van der Waals surface area contributed by atoms with Gasteiger partial charge < -0.3 is 4.74 Å². The molecule has 0 aliphatic rings. The molecule has 1 aromatic heterocycles. The van der Waals surface area contributed by atoms with Crippen LogP contribution in [0.1, 0.15) is 11.1 Å². The smallest absolute Gasteiger partial charge is 0.411 e. The Morgan fingerprint density at radius 2 is 1.77 bits per heavy atom. The Labute approximate surface area is 171 Å². The quantitative estimate of drug-likeness (QED) is 0.538. The minimum absolute atomic E-state index is 0.145. The van der Waals surface area contributed by atoms with E-state index in [1.807, 2.05) is 30.3 Å². The van der Waals surface area contributed by atoms with Crippen LogP contribution in [-0.2, 0) is 17.9 Å². The van der Waals surface area contributed by atoms with Crippen LogP contribution in [0.2, 0.25) is 0 Å². The number of aromatic nitrogens is 2. The molecule has 1 heterocycles. The molecule has 0 aliphatic carbocycles. The third-order valence-corrected chi connectivity index (χ3v) is 4.55. The first-order valence-electron chi connectivity index (χ1n) is 9.30. The molecule has 0 saturated carbocycles. The molecule has 0 fully saturated rings. The van der Waals surface area contributed by atoms with Gasteiger partial charge in [-0.1, -0.05) is 42.5 Å². The second-order valence-electron chi connectivity index (χ2n) is 6.72. The van der Waals surface area contributed by atoms with Crippen LogP contribution in [0.4, 0.5) is 14.9 Å². The third-order valence-electron chi connectivity index (χ3n) is 4.55. The first kappa shape index (κ1) is 19.3. The largest absolute Gasteiger partial charge is 0.444 e. The summed E-state index contributed by atoms with van der Waals surface area (Å²) in [5.41, 5.74) is 2.33. The lowest BCUT2D eigenvalue weighted by Gasteiger charge is -2.09. The average molecular weight is 403 g/mol. The number of rotatable bonds is 5. The zero-order valence-electron chi connectivity index (χ0n) is 15.9. The SMILES string of the molecule is O=C(Nc1ccc2ncn(Cc3ccc(F)cc3)c(=O)c2c1)OCc1ccccc1. The van der Waals surface area contributed by atoms with Gasteiger partial charge in [-0.15, -0.1) is 0 Å². The van der Waals surface area contributed by atoms with Gasteiger partial charge in [0.05, 0.1) is 23.8 Å². The standard InChI is InChI=1S/C23H18FN3O3/c24-18-8-6-16(7-9-18)13-27-15-25-21-11-10-19(12-20(21)22(27)28)26-23(29)30-14-17-4-2-1-3-5-17/h1-12,15H,13-14H2,(H,26,29). The predicted molar refractivity (Wildman–Crippen MR) is 112 cm³/mol. The molecule has 0 aliphatic heterocycles. The summed E-state index contributed by atoms with van der Waals surface area (Å²) in [4.78, 5) is 29.2. The molecular weight excluding hydrogens is 385 g/mol. The number of nitrogens with one attached hydrogen (secondary N) is 1. The Kier molecular flexibility index (Phi) is 5.52. The number of hydrogen-bond acceptors (Lipinski definition) is 4. The minimum atomic E-state index is -0.617. The Bertz CT molecular complexity index is 1240. The van der Waals surface area contributed by atoms with E-state index in [-0.39, 0.29) is 24.5 Å². The molecule has 0 bridgehead atoms. The molecule has 1 N–H and O–H groups in total. The lowest BCUT2D eigenvalue weighted by Crippen LogP contribution is -2.21. The van der Waals surface area contributed by atoms with Crippen LogP contribution in [0.3, 0.4) is 0 Å². The van der Waals surface area contributed by atoms with Crippen LogP contribution in [0.5, 0.6) is 0 Å². The van der Waals surface area contributed by atoms with E-state index in [1.165, 1.54) is 23.0 Å². The summed E-state index contributed by atoms with van der Waals surface area (Å²) in [6.45, 7) is 0.408. The second-order valence-corrected chi connectivity index (χ2v) is 6.72. The average Bonchev–Trinajstić information content (AvgIpc) is 2.77. The molecule has 3 aromatic carbocycles. The summed E-state index contributed by atoms with van der Waals surface area (Å²) in [6.07, 6.45) is 0.837. The fourth-order valence-electron chi connectivity index (χ4n) is 3.01. The van der Waals surface area contributed by atoms with Crippen molar-refractivity contribution >= 4 is 22.7 Å². The highest BCUT2D eigenvalue weighted by atomic mass is 19.1. The highest BCUT2D eigenvalue weighted by Gasteiger charge is 2.09. The third kappa shape index (κ3) is 4.52. The van der Waals surface area contributed by atoms with Crippen LogP contribution < -0.4 is 10.9 Å². The number of hydrogen-bond donors (Lipinski definition) is 1. The maximum absolute atomic E-state index is 13.1. The zero-order valence-corrected chi connectivity index (χ0v) is 15.9. The fraction of sp³-hybridized carbons (Fsp3) is 0.0870. The highest BCUT2D eigenvalue weighted by molar-refractivity contribution is 5.89. The number of carbonyl (C=O) groups is 1. The molecule has 0 saturated heterocycles. The van der Waals surface area contributed by atoms with E-state index >= 15 is 0 Å². The maximum atomic E-state index is 13.1. The van der Waals surface area contributed by atoms with Crippen molar-refractivity contribution in [2.45, 2.75) is 13.2 Å². The predicted octanol–water partition coefficient (Wildman–Crippen LogP) is 4.33. The Morgan fingerprint density at radius 1 is 1.00 bits per heavy atom. The molecular formula is C23H18FN3O3. The zero-order chi connectivity index (χ0) is 20.9. The van der Waals surface area contributed by atoms with Gasteiger partial charge in [-0.2, -0.15) is 0 Å². The topological polar surface area (TPSA) is 73.2 Å². The van der Waals surface area contributed by atoms with Crippen molar-refractivity contribution in [3.8, 4) is 0 Å². The Hall–Kier alpha value is -4.00. The number of anilines is 1. The first-order valence-corrected chi connectivity index (χ1v) is 9.30. The van der Waals surface area contributed by atoms with Gasteiger partial charge in [0.25, 0.3) is 5.56 Å². The molecule has 7 heteroatoms. The number of benzene rings is 3. The van der Waals surface area contributed by atoms with Crippen molar-refractivity contribution in [3.63, 3.8) is 0 Å². The fourth-order valence-corrected chi connectivity index (χ4v) is 3.01. The molecule has 0 spiro atoms. The molecule has 0 unspecified atom stereocenters. The Morgan fingerprint density at radius 3 is 2.53 bits per heavy atom. The molecule has 6 nitrogen and oxygen atoms in total. The van der Waals surface area contributed by atoms with Crippen molar-refractivity contribution < 1.29 is 13.9 Å². The van der Waals surface area contributed by atoms with Crippen LogP contribution in [0, 0.1) is 5.82 Å². The van der Waals surface area contributed by atoms with Crippen LogP contribution in [0.15, 0.2) is 83.9 Å². The number of nitrogens with zero attached hydrogens (tertiary/aromatic N) is 2. The van der Waals surface area contributed by atoms with E-state index in [0.717, 1.165) is 11.1 Å². The van der Waals surface area contributed by atoms with Crippen molar-refractivity contribution in [1.82, 2.24) is 9.55 Å². The van der Waals surface area contributed by atoms with Gasteiger partial charge in [0, 0.05) is 5.69 Å². The van der Waals surface area contributed by atoms with Crippen LogP contribution >= 0.6 is 0 Å². The Balaban J connectivity index is 1.51. The molecule has 0 radical (unpaired) electrons. The van der Waals surface area contributed by atoms with E-state index in [1.54, 1.807) is 30.3 Å². The molecule has 150 valence electrons. The summed E-state index contributed by atoms with van der Waals surface area (Å²) in [6, 6.07) is 20.1. The summed E-state index contributed by atoms with van der Waals surface area (Å²) in [5, 5.41) is 2.99. The summed E-state index contributed by atoms with van der Waals surface area (Å²) in [7, 11) is 0.